The Labute approximate surface area is 129 Å². The van der Waals surface area contributed by atoms with Gasteiger partial charge in [-0.15, -0.1) is 11.3 Å². The number of nitrogens with zero attached hydrogens (tertiary/aromatic N) is 3. The topological polar surface area (TPSA) is 79.3 Å². The molecule has 2 amide bonds. The number of hydrogen-bond acceptors (Lipinski definition) is 5. The van der Waals surface area contributed by atoms with Gasteiger partial charge in [0.15, 0.2) is 0 Å². The highest BCUT2D eigenvalue weighted by molar-refractivity contribution is 7.17. The Morgan fingerprint density at radius 1 is 1.48 bits per heavy atom. The number of carbonyl (C=O) groups is 1. The fraction of sp³-hybridized carbons (Fsp3) is 0.167. The molecule has 2 rings (SSSR count). The molecular formula is C12H11ClFN5OS. The molecule has 2 heterocycles. The Morgan fingerprint density at radius 2 is 2.24 bits per heavy atom. The van der Waals surface area contributed by atoms with Gasteiger partial charge in [0.05, 0.1) is 16.8 Å². The molecule has 6 nitrogen and oxygen atoms in total. The predicted molar refractivity (Wildman–Crippen MR) is 80.1 cm³/mol. The third kappa shape index (κ3) is 3.73. The van der Waals surface area contributed by atoms with Gasteiger partial charge in [-0.3, -0.25) is 4.98 Å². The summed E-state index contributed by atoms with van der Waals surface area (Å²) in [4.78, 5) is 19.6. The number of urea groups is 1. The smallest absolute Gasteiger partial charge is 0.334 e. The molecule has 0 unspecified atom stereocenters. The third-order valence-electron chi connectivity index (χ3n) is 2.42. The van der Waals surface area contributed by atoms with Gasteiger partial charge in [-0.1, -0.05) is 11.6 Å². The maximum absolute atomic E-state index is 13.2. The second-order valence-electron chi connectivity index (χ2n) is 3.92. The Hall–Kier alpha value is -2.06. The second kappa shape index (κ2) is 6.59. The largest absolute Gasteiger partial charge is 0.340 e. The van der Waals surface area contributed by atoms with Crippen molar-refractivity contribution in [1.82, 2.24) is 20.7 Å². The number of rotatable bonds is 3. The molecule has 0 spiro atoms. The summed E-state index contributed by atoms with van der Waals surface area (Å²) >= 11 is 7.29. The van der Waals surface area contributed by atoms with Crippen molar-refractivity contribution in [1.29, 1.82) is 0 Å². The van der Waals surface area contributed by atoms with Gasteiger partial charge in [-0.2, -0.15) is 5.10 Å². The number of carbonyl (C=O) groups excluding carboxylic acids is 1. The second-order valence-corrected chi connectivity index (χ2v) is 5.28. The number of pyridine rings is 1. The average Bonchev–Trinajstić information content (AvgIpc) is 2.86. The van der Waals surface area contributed by atoms with Gasteiger partial charge in [0.1, 0.15) is 16.0 Å². The normalized spacial score (nSPS) is 11.3. The molecule has 0 bridgehead atoms. The molecule has 0 atom stereocenters. The summed E-state index contributed by atoms with van der Waals surface area (Å²) in [6, 6.07) is 0.880. The number of halogens is 2. The van der Waals surface area contributed by atoms with Gasteiger partial charge in [0.2, 0.25) is 0 Å². The molecule has 0 aliphatic carbocycles. The molecule has 2 N–H and O–H groups in total. The standard InChI is InChI=1S/C12H11ClFN5OS/c1-6(18-19-12(20)15-2)9-10(13)17-11(21-9)7-3-8(14)5-16-4-7/h3-5H,1-2H3,(H2,15,19,20). The van der Waals surface area contributed by atoms with Crippen molar-refractivity contribution in [2.45, 2.75) is 6.92 Å². The Balaban J connectivity index is 2.29. The van der Waals surface area contributed by atoms with Crippen LogP contribution in [-0.2, 0) is 0 Å². The Bertz CT molecular complexity index is 703. The van der Waals surface area contributed by atoms with Crippen molar-refractivity contribution in [3.63, 3.8) is 0 Å². The molecule has 0 fully saturated rings. The average molecular weight is 328 g/mol. The molecule has 0 radical (unpaired) electrons. The first-order valence-corrected chi connectivity index (χ1v) is 7.00. The minimum Gasteiger partial charge on any atom is -0.340 e. The van der Waals surface area contributed by atoms with Crippen molar-refractivity contribution in [3.8, 4) is 10.6 Å². The highest BCUT2D eigenvalue weighted by atomic mass is 35.5. The monoisotopic (exact) mass is 327 g/mol. The molecule has 0 aromatic carbocycles. The molecule has 2 aromatic heterocycles. The molecule has 0 saturated heterocycles. The van der Waals surface area contributed by atoms with E-state index >= 15 is 0 Å². The van der Waals surface area contributed by atoms with Gasteiger partial charge in [-0.25, -0.2) is 19.6 Å². The van der Waals surface area contributed by atoms with Crippen LogP contribution in [0.25, 0.3) is 10.6 Å². The minimum absolute atomic E-state index is 0.235. The first kappa shape index (κ1) is 15.3. The van der Waals surface area contributed by atoms with Crippen LogP contribution < -0.4 is 10.7 Å². The molecule has 0 saturated carbocycles. The zero-order chi connectivity index (χ0) is 15.4. The fourth-order valence-electron chi connectivity index (χ4n) is 1.42. The molecule has 0 aliphatic rings. The van der Waals surface area contributed by atoms with Crippen LogP contribution in [0.3, 0.4) is 0 Å². The summed E-state index contributed by atoms with van der Waals surface area (Å²) in [5, 5.41) is 7.03. The van der Waals surface area contributed by atoms with Gasteiger partial charge in [-0.05, 0) is 13.0 Å². The number of amides is 2. The van der Waals surface area contributed by atoms with E-state index in [1.807, 2.05) is 0 Å². The van der Waals surface area contributed by atoms with E-state index in [1.54, 1.807) is 6.92 Å². The van der Waals surface area contributed by atoms with Gasteiger partial charge in [0, 0.05) is 18.8 Å². The lowest BCUT2D eigenvalue weighted by molar-refractivity contribution is 0.243. The number of hydrazone groups is 1. The van der Waals surface area contributed by atoms with Crippen LogP contribution in [0.5, 0.6) is 0 Å². The fourth-order valence-corrected chi connectivity index (χ4v) is 2.69. The third-order valence-corrected chi connectivity index (χ3v) is 4.02. The van der Waals surface area contributed by atoms with Crippen molar-refractivity contribution in [2.24, 2.45) is 5.10 Å². The molecular weight excluding hydrogens is 317 g/mol. The lowest BCUT2D eigenvalue weighted by Gasteiger charge is -1.99. The summed E-state index contributed by atoms with van der Waals surface area (Å²) < 4.78 is 13.2. The molecule has 0 aliphatic heterocycles. The molecule has 110 valence electrons. The quantitative estimate of drug-likeness (QED) is 0.672. The number of nitrogens with one attached hydrogen (secondary N) is 2. The van der Waals surface area contributed by atoms with E-state index in [9.17, 15) is 9.18 Å². The Morgan fingerprint density at radius 3 is 2.90 bits per heavy atom. The minimum atomic E-state index is -0.452. The first-order valence-electron chi connectivity index (χ1n) is 5.81. The zero-order valence-electron chi connectivity index (χ0n) is 11.1. The first-order chi connectivity index (χ1) is 10.0. The van der Waals surface area contributed by atoms with Crippen molar-refractivity contribution >= 4 is 34.7 Å². The van der Waals surface area contributed by atoms with Gasteiger partial charge < -0.3 is 5.32 Å². The lowest BCUT2D eigenvalue weighted by atomic mass is 10.3. The molecule has 2 aromatic rings. The van der Waals surface area contributed by atoms with Crippen LogP contribution in [-0.4, -0.2) is 28.8 Å². The van der Waals surface area contributed by atoms with Crippen LogP contribution >= 0.6 is 22.9 Å². The van der Waals surface area contributed by atoms with E-state index in [0.29, 0.717) is 21.2 Å². The summed E-state index contributed by atoms with van der Waals surface area (Å²) in [6.45, 7) is 1.68. The van der Waals surface area contributed by atoms with Gasteiger partial charge >= 0.3 is 6.03 Å². The van der Waals surface area contributed by atoms with Gasteiger partial charge in [0.25, 0.3) is 0 Å². The Kier molecular flexibility index (Phi) is 4.81. The van der Waals surface area contributed by atoms with Crippen LogP contribution in [0.2, 0.25) is 5.15 Å². The van der Waals surface area contributed by atoms with E-state index in [1.165, 1.54) is 30.6 Å². The lowest BCUT2D eigenvalue weighted by Crippen LogP contribution is -2.29. The zero-order valence-corrected chi connectivity index (χ0v) is 12.7. The van der Waals surface area contributed by atoms with E-state index in [4.69, 9.17) is 11.6 Å². The molecule has 21 heavy (non-hydrogen) atoms. The van der Waals surface area contributed by atoms with E-state index in [2.05, 4.69) is 25.8 Å². The summed E-state index contributed by atoms with van der Waals surface area (Å²) in [5.74, 6) is -0.452. The highest BCUT2D eigenvalue weighted by Gasteiger charge is 2.14. The van der Waals surface area contributed by atoms with E-state index in [0.717, 1.165) is 6.20 Å². The SMILES string of the molecule is CNC(=O)NN=C(C)c1sc(-c2cncc(F)c2)nc1Cl. The van der Waals surface area contributed by atoms with Crippen LogP contribution in [0, 0.1) is 5.82 Å². The maximum atomic E-state index is 13.2. The summed E-state index contributed by atoms with van der Waals surface area (Å²) in [5.41, 5.74) is 3.33. The summed E-state index contributed by atoms with van der Waals surface area (Å²) in [6.07, 6.45) is 2.61. The highest BCUT2D eigenvalue weighted by Crippen LogP contribution is 2.31. The van der Waals surface area contributed by atoms with E-state index < -0.39 is 11.8 Å². The van der Waals surface area contributed by atoms with E-state index in [-0.39, 0.29) is 5.15 Å². The van der Waals surface area contributed by atoms with Crippen LogP contribution in [0.1, 0.15) is 11.8 Å². The number of aromatic nitrogens is 2. The van der Waals surface area contributed by atoms with Crippen molar-refractivity contribution < 1.29 is 9.18 Å². The summed E-state index contributed by atoms with van der Waals surface area (Å²) in [7, 11) is 1.48. The van der Waals surface area contributed by atoms with Crippen molar-refractivity contribution in [2.75, 3.05) is 7.05 Å². The number of thiazole rings is 1. The van der Waals surface area contributed by atoms with Crippen LogP contribution in [0.4, 0.5) is 9.18 Å². The predicted octanol–water partition coefficient (Wildman–Crippen LogP) is 2.65. The van der Waals surface area contributed by atoms with Crippen LogP contribution in [0.15, 0.2) is 23.6 Å². The van der Waals surface area contributed by atoms with Crippen molar-refractivity contribution in [3.05, 3.63) is 34.3 Å². The maximum Gasteiger partial charge on any atom is 0.334 e. The number of hydrogen-bond donors (Lipinski definition) is 2. The molecule has 9 heteroatoms.